The van der Waals surface area contributed by atoms with Gasteiger partial charge in [0.2, 0.25) is 24.0 Å². The summed E-state index contributed by atoms with van der Waals surface area (Å²) in [4.78, 5) is 0. The first-order valence-electron chi connectivity index (χ1n) is 12.1. The monoisotopic (exact) mass is 566 g/mol. The van der Waals surface area contributed by atoms with Crippen molar-refractivity contribution < 1.29 is 24.0 Å². The molecule has 0 radical (unpaired) electrons. The molecule has 0 unspecified atom stereocenters. The topological polar surface area (TPSA) is 0 Å². The van der Waals surface area contributed by atoms with Crippen molar-refractivity contribution in [2.75, 3.05) is 0 Å². The molecule has 0 spiro atoms. The molecule has 0 aromatic heterocycles. The van der Waals surface area contributed by atoms with Crippen LogP contribution in [-0.4, -0.2) is 6.15 Å². The molecule has 35 heavy (non-hydrogen) atoms. The molecule has 2 heteroatoms. The van der Waals surface area contributed by atoms with Gasteiger partial charge in [-0.3, -0.25) is 0 Å². The van der Waals surface area contributed by atoms with Crippen molar-refractivity contribution in [3.63, 3.8) is 0 Å². The molecule has 0 aliphatic carbocycles. The van der Waals surface area contributed by atoms with Crippen LogP contribution in [0.15, 0.2) is 146 Å². The molecule has 5 rings (SSSR count). The number of hydrogen-bond acceptors (Lipinski definition) is 0. The summed E-state index contributed by atoms with van der Waals surface area (Å²) in [5.41, 5.74) is 7.86. The molecule has 0 amide bonds. The smallest absolute Gasteiger partial charge is 0.195 e. The largest absolute Gasteiger partial charge is 0.235 e. The lowest BCUT2D eigenvalue weighted by Gasteiger charge is -2.45. The zero-order valence-electron chi connectivity index (χ0n) is 20.4. The van der Waals surface area contributed by atoms with Crippen molar-refractivity contribution in [3.05, 3.63) is 157 Å². The second-order valence-electron chi connectivity index (χ2n) is 9.71. The minimum absolute atomic E-state index is 0. The van der Waals surface area contributed by atoms with Crippen molar-refractivity contribution in [1.29, 1.82) is 0 Å². The van der Waals surface area contributed by atoms with Gasteiger partial charge in [0.05, 0.1) is 0 Å². The Bertz CT molecular complexity index is 1250. The molecule has 0 N–H and O–H groups in total. The number of rotatable bonds is 6. The van der Waals surface area contributed by atoms with E-state index in [-0.39, 0.29) is 29.4 Å². The van der Waals surface area contributed by atoms with E-state index in [9.17, 15) is 0 Å². The molecule has 0 bridgehead atoms. The summed E-state index contributed by atoms with van der Waals surface area (Å²) in [7, 11) is 0. The molecule has 0 saturated heterocycles. The van der Waals surface area contributed by atoms with Crippen molar-refractivity contribution in [3.8, 4) is 0 Å². The third kappa shape index (κ3) is 4.60. The fourth-order valence-electron chi connectivity index (χ4n) is 5.60. The van der Waals surface area contributed by atoms with E-state index in [2.05, 4.69) is 159 Å². The second kappa shape index (κ2) is 10.7. The van der Waals surface area contributed by atoms with E-state index in [4.69, 9.17) is 0 Å². The molecule has 5 aromatic rings. The van der Waals surface area contributed by atoms with Gasteiger partial charge in [-0.1, -0.05) is 159 Å². The summed E-state index contributed by atoms with van der Waals surface area (Å²) in [6, 6.07) is 53.1. The van der Waals surface area contributed by atoms with E-state index in [1.165, 1.54) is 33.0 Å². The van der Waals surface area contributed by atoms with E-state index in [1.807, 2.05) is 0 Å². The molecular weight excluding hydrogens is 534 g/mol. The van der Waals surface area contributed by atoms with Crippen molar-refractivity contribution >= 4 is 28.0 Å². The maximum atomic E-state index is 2.44. The molecule has 5 aromatic carbocycles. The Hall–Kier alpha value is -3.11. The average Bonchev–Trinajstić information content (AvgIpc) is 2.92. The molecular formula is C33H32BI. The van der Waals surface area contributed by atoms with Gasteiger partial charge in [0, 0.05) is 5.41 Å². The van der Waals surface area contributed by atoms with Crippen LogP contribution in [0, 0.1) is 0 Å². The second-order valence-corrected chi connectivity index (χ2v) is 9.71. The standard InChI is InChI=1S/C33H30B.H2I/c1-33(2,27-16-7-3-8-17-27)28-18-15-25-32(26-28)34(29-19-9-4-10-20-29,30-21-11-5-12-22-30)31-23-13-6-14-24-31;/h3-26H,1-2H3;1H2/q-1;+1. The van der Waals surface area contributed by atoms with Crippen LogP contribution in [0.1, 0.15) is 25.0 Å². The highest BCUT2D eigenvalue weighted by Gasteiger charge is 2.32. The highest BCUT2D eigenvalue weighted by molar-refractivity contribution is 7.19. The Balaban J connectivity index is 0.00000289. The van der Waals surface area contributed by atoms with Gasteiger partial charge < -0.3 is 0 Å². The van der Waals surface area contributed by atoms with E-state index in [0.29, 0.717) is 0 Å². The van der Waals surface area contributed by atoms with Gasteiger partial charge in [-0.2, -0.15) is 21.9 Å². The minimum Gasteiger partial charge on any atom is -0.195 e. The Morgan fingerprint density at radius 2 is 0.743 bits per heavy atom. The van der Waals surface area contributed by atoms with Crippen molar-refractivity contribution in [2.24, 2.45) is 0 Å². The Morgan fingerprint density at radius 1 is 0.400 bits per heavy atom. The summed E-state index contributed by atoms with van der Waals surface area (Å²) >= 11 is 0. The zero-order chi connectivity index (χ0) is 23.4. The van der Waals surface area contributed by atoms with Crippen LogP contribution in [0.3, 0.4) is 0 Å². The molecule has 0 nitrogen and oxygen atoms in total. The van der Waals surface area contributed by atoms with Gasteiger partial charge in [-0.25, -0.2) is 0 Å². The van der Waals surface area contributed by atoms with Gasteiger partial charge in [0.25, 0.3) is 0 Å². The fraction of sp³-hybridized carbons (Fsp3) is 0.0909. The fourth-order valence-corrected chi connectivity index (χ4v) is 5.60. The van der Waals surface area contributed by atoms with Crippen LogP contribution in [0.25, 0.3) is 0 Å². The van der Waals surface area contributed by atoms with Crippen LogP contribution in [0.2, 0.25) is 0 Å². The molecule has 0 atom stereocenters. The van der Waals surface area contributed by atoms with Gasteiger partial charge in [-0.15, -0.1) is 0 Å². The maximum Gasteiger partial charge on any atom is 0.235 e. The predicted octanol–water partition coefficient (Wildman–Crippen LogP) is 1.86. The van der Waals surface area contributed by atoms with Gasteiger partial charge >= 0.3 is 0 Å². The Kier molecular flexibility index (Phi) is 7.61. The molecule has 0 heterocycles. The first-order valence-corrected chi connectivity index (χ1v) is 12.1. The Labute approximate surface area is 227 Å². The van der Waals surface area contributed by atoms with E-state index in [0.717, 1.165) is 0 Å². The molecule has 0 fully saturated rings. The van der Waals surface area contributed by atoms with Crippen LogP contribution in [0.5, 0.6) is 0 Å². The Morgan fingerprint density at radius 3 is 1.17 bits per heavy atom. The van der Waals surface area contributed by atoms with Crippen molar-refractivity contribution in [2.45, 2.75) is 19.3 Å². The SMILES string of the molecule is CC(C)(c1ccccc1)c1cccc([B-](c2ccccc2)(c2ccccc2)c2ccccc2)c1.[IH2+]. The molecule has 0 aliphatic rings. The van der Waals surface area contributed by atoms with Gasteiger partial charge in [0.15, 0.2) is 0 Å². The summed E-state index contributed by atoms with van der Waals surface area (Å²) in [6.07, 6.45) is -1.36. The van der Waals surface area contributed by atoms with E-state index in [1.54, 1.807) is 0 Å². The highest BCUT2D eigenvalue weighted by atomic mass is 127. The maximum absolute atomic E-state index is 2.44. The predicted molar refractivity (Wildman–Crippen MR) is 151 cm³/mol. The molecule has 0 aliphatic heterocycles. The van der Waals surface area contributed by atoms with Crippen LogP contribution < -0.4 is 45.8 Å². The third-order valence-electron chi connectivity index (χ3n) is 7.50. The summed E-state index contributed by atoms with van der Waals surface area (Å²) in [6.45, 7) is 4.65. The molecule has 174 valence electrons. The third-order valence-corrected chi connectivity index (χ3v) is 7.50. The quantitative estimate of drug-likeness (QED) is 0.218. The van der Waals surface area contributed by atoms with Crippen LogP contribution >= 0.6 is 0 Å². The number of benzene rings is 5. The number of hydrogen-bond donors (Lipinski definition) is 0. The molecule has 0 saturated carbocycles. The van der Waals surface area contributed by atoms with Crippen LogP contribution in [-0.2, 0) is 5.41 Å². The summed E-state index contributed by atoms with van der Waals surface area (Å²) in [5, 5.41) is 0. The van der Waals surface area contributed by atoms with Crippen LogP contribution in [0.4, 0.5) is 0 Å². The summed E-state index contributed by atoms with van der Waals surface area (Å²) < 4.78 is 0. The average molecular weight is 566 g/mol. The van der Waals surface area contributed by atoms with E-state index >= 15 is 0 Å². The normalized spacial score (nSPS) is 11.5. The lowest BCUT2D eigenvalue weighted by Crippen LogP contribution is -3.00. The van der Waals surface area contributed by atoms with Crippen molar-refractivity contribution in [1.82, 2.24) is 0 Å². The van der Waals surface area contributed by atoms with E-state index < -0.39 is 6.15 Å². The highest BCUT2D eigenvalue weighted by Crippen LogP contribution is 2.31. The minimum atomic E-state index is -1.36. The van der Waals surface area contributed by atoms with Gasteiger partial charge in [-0.05, 0) is 11.1 Å². The number of halogens is 1. The first-order chi connectivity index (χ1) is 16.6. The first kappa shape index (κ1) is 25.0. The summed E-state index contributed by atoms with van der Waals surface area (Å²) in [5.74, 6) is 0. The lowest BCUT2D eigenvalue weighted by atomic mass is 9.13. The zero-order valence-corrected chi connectivity index (χ0v) is 22.9. The van der Waals surface area contributed by atoms with Gasteiger partial charge in [0.1, 0.15) is 6.15 Å². The lowest BCUT2D eigenvalue weighted by molar-refractivity contribution is -0.00000673.